The van der Waals surface area contributed by atoms with Crippen LogP contribution in [0.4, 0.5) is 5.69 Å². The van der Waals surface area contributed by atoms with Gasteiger partial charge in [-0.1, -0.05) is 12.1 Å². The average Bonchev–Trinajstić information content (AvgIpc) is 3.09. The minimum atomic E-state index is -1.02. The third kappa shape index (κ3) is 2.36. The lowest BCUT2D eigenvalue weighted by Gasteiger charge is -2.16. The molecule has 1 saturated heterocycles. The first-order chi connectivity index (χ1) is 11.5. The molecule has 0 aromatic heterocycles. The van der Waals surface area contributed by atoms with Crippen LogP contribution in [0, 0.1) is 5.92 Å². The maximum absolute atomic E-state index is 12.7. The third-order valence-corrected chi connectivity index (χ3v) is 3.92. The Bertz CT molecular complexity index is 786. The van der Waals surface area contributed by atoms with Crippen molar-refractivity contribution in [3.05, 3.63) is 29.8 Å². The van der Waals surface area contributed by atoms with Crippen LogP contribution in [-0.2, 0) is 19.1 Å². The molecule has 8 heteroatoms. The monoisotopic (exact) mass is 329 g/mol. The molecule has 3 rings (SSSR count). The standard InChI is InChI=1S/C16H15N3O5/c1-3-24-16(23)13-11-12(17-18-13)15(22)19(14(11)21)10-6-4-5-9(7-10)8(2)20/h4-7,11-12,17H,3H2,1-2H3/t11-,12+/m1/s1. The molecule has 2 aliphatic heterocycles. The maximum atomic E-state index is 12.7. The number of rotatable bonds is 4. The predicted molar refractivity (Wildman–Crippen MR) is 83.4 cm³/mol. The Kier molecular flexibility index (Phi) is 3.88. The topological polar surface area (TPSA) is 105 Å². The summed E-state index contributed by atoms with van der Waals surface area (Å²) >= 11 is 0. The summed E-state index contributed by atoms with van der Waals surface area (Å²) in [5.41, 5.74) is 3.10. The number of ketones is 1. The van der Waals surface area contributed by atoms with Gasteiger partial charge < -0.3 is 4.74 Å². The maximum Gasteiger partial charge on any atom is 0.355 e. The lowest BCUT2D eigenvalue weighted by molar-refractivity contribution is -0.136. The molecule has 2 atom stereocenters. The highest BCUT2D eigenvalue weighted by Gasteiger charge is 2.55. The van der Waals surface area contributed by atoms with E-state index < -0.39 is 29.7 Å². The number of hydrogen-bond donors (Lipinski definition) is 1. The van der Waals surface area contributed by atoms with Crippen LogP contribution < -0.4 is 10.3 Å². The SMILES string of the molecule is CCOC(=O)C1=NN[C@@H]2C(=O)N(c3cccc(C(C)=O)c3)C(=O)[C@@H]12. The van der Waals surface area contributed by atoms with Crippen molar-refractivity contribution >= 4 is 35.0 Å². The van der Waals surface area contributed by atoms with Crippen LogP contribution in [0.3, 0.4) is 0 Å². The fraction of sp³-hybridized carbons (Fsp3) is 0.312. The van der Waals surface area contributed by atoms with Crippen LogP contribution in [0.5, 0.6) is 0 Å². The second-order valence-corrected chi connectivity index (χ2v) is 5.42. The molecular formula is C16H15N3O5. The molecule has 0 saturated carbocycles. The molecule has 1 N–H and O–H groups in total. The van der Waals surface area contributed by atoms with Gasteiger partial charge in [-0.25, -0.2) is 9.69 Å². The summed E-state index contributed by atoms with van der Waals surface area (Å²) in [6, 6.07) is 5.29. The molecule has 0 bridgehead atoms. The van der Waals surface area contributed by atoms with E-state index in [4.69, 9.17) is 4.74 Å². The lowest BCUT2D eigenvalue weighted by Crippen LogP contribution is -2.36. The molecule has 0 radical (unpaired) electrons. The van der Waals surface area contributed by atoms with Crippen LogP contribution in [-0.4, -0.2) is 41.9 Å². The van der Waals surface area contributed by atoms with Gasteiger partial charge in [0.25, 0.3) is 5.91 Å². The van der Waals surface area contributed by atoms with Gasteiger partial charge in [-0.15, -0.1) is 0 Å². The van der Waals surface area contributed by atoms with Gasteiger partial charge in [0.2, 0.25) is 5.91 Å². The highest BCUT2D eigenvalue weighted by molar-refractivity contribution is 6.46. The van der Waals surface area contributed by atoms with E-state index in [0.29, 0.717) is 5.56 Å². The highest BCUT2D eigenvalue weighted by atomic mass is 16.5. The summed E-state index contributed by atoms with van der Waals surface area (Å²) < 4.78 is 4.87. The van der Waals surface area contributed by atoms with E-state index in [1.165, 1.54) is 13.0 Å². The fourth-order valence-corrected chi connectivity index (χ4v) is 2.78. The Hall–Kier alpha value is -3.03. The van der Waals surface area contributed by atoms with Crippen molar-refractivity contribution < 1.29 is 23.9 Å². The quantitative estimate of drug-likeness (QED) is 0.483. The number of nitrogens with one attached hydrogen (secondary N) is 1. The summed E-state index contributed by atoms with van der Waals surface area (Å²) in [6.45, 7) is 3.18. The molecule has 0 spiro atoms. The van der Waals surface area contributed by atoms with Gasteiger partial charge in [0.05, 0.1) is 12.3 Å². The number of fused-ring (bicyclic) bond motifs is 1. The van der Waals surface area contributed by atoms with E-state index >= 15 is 0 Å². The largest absolute Gasteiger partial charge is 0.461 e. The molecule has 2 aliphatic rings. The van der Waals surface area contributed by atoms with E-state index in [0.717, 1.165) is 4.90 Å². The number of hydrazone groups is 1. The molecule has 1 aromatic carbocycles. The third-order valence-electron chi connectivity index (χ3n) is 3.92. The normalized spacial score (nSPS) is 22.1. The molecule has 24 heavy (non-hydrogen) atoms. The summed E-state index contributed by atoms with van der Waals surface area (Å²) in [5, 5.41) is 3.78. The van der Waals surface area contributed by atoms with Gasteiger partial charge in [0.15, 0.2) is 11.5 Å². The lowest BCUT2D eigenvalue weighted by atomic mass is 9.99. The summed E-state index contributed by atoms with van der Waals surface area (Å²) in [7, 11) is 0. The average molecular weight is 329 g/mol. The first-order valence-electron chi connectivity index (χ1n) is 7.44. The van der Waals surface area contributed by atoms with Gasteiger partial charge in [-0.2, -0.15) is 5.10 Å². The van der Waals surface area contributed by atoms with Gasteiger partial charge in [-0.05, 0) is 26.0 Å². The Balaban J connectivity index is 1.94. The minimum Gasteiger partial charge on any atom is -0.461 e. The van der Waals surface area contributed by atoms with Crippen molar-refractivity contribution in [1.29, 1.82) is 0 Å². The molecule has 0 unspecified atom stereocenters. The zero-order chi connectivity index (χ0) is 17.4. The summed E-state index contributed by atoms with van der Waals surface area (Å²) in [4.78, 5) is 49.6. The van der Waals surface area contributed by atoms with Crippen LogP contribution in [0.25, 0.3) is 0 Å². The van der Waals surface area contributed by atoms with Crippen LogP contribution in [0.2, 0.25) is 0 Å². The van der Waals surface area contributed by atoms with E-state index in [2.05, 4.69) is 10.5 Å². The first kappa shape index (κ1) is 15.9. The van der Waals surface area contributed by atoms with E-state index in [-0.39, 0.29) is 23.8 Å². The van der Waals surface area contributed by atoms with Crippen LogP contribution in [0.1, 0.15) is 24.2 Å². The number of ether oxygens (including phenoxy) is 1. The van der Waals surface area contributed by atoms with Crippen molar-refractivity contribution in [1.82, 2.24) is 5.43 Å². The van der Waals surface area contributed by atoms with Crippen molar-refractivity contribution in [3.8, 4) is 0 Å². The molecular weight excluding hydrogens is 314 g/mol. The Morgan fingerprint density at radius 1 is 1.29 bits per heavy atom. The molecule has 1 fully saturated rings. The molecule has 0 aliphatic carbocycles. The number of carbonyl (C=O) groups excluding carboxylic acids is 4. The number of esters is 1. The number of amides is 2. The fourth-order valence-electron chi connectivity index (χ4n) is 2.78. The molecule has 2 amide bonds. The predicted octanol–water partition coefficient (Wildman–Crippen LogP) is 0.269. The smallest absolute Gasteiger partial charge is 0.355 e. The number of carbonyl (C=O) groups is 4. The van der Waals surface area contributed by atoms with E-state index in [9.17, 15) is 19.2 Å². The Morgan fingerprint density at radius 2 is 2.04 bits per heavy atom. The van der Waals surface area contributed by atoms with E-state index in [1.54, 1.807) is 25.1 Å². The minimum absolute atomic E-state index is 0.106. The Labute approximate surface area is 137 Å². The molecule has 2 heterocycles. The molecule has 1 aromatic rings. The summed E-state index contributed by atoms with van der Waals surface area (Å²) in [5.74, 6) is -3.00. The van der Waals surface area contributed by atoms with Crippen molar-refractivity contribution in [2.75, 3.05) is 11.5 Å². The van der Waals surface area contributed by atoms with Gasteiger partial charge in [0.1, 0.15) is 12.0 Å². The summed E-state index contributed by atoms with van der Waals surface area (Å²) in [6.07, 6.45) is 0. The van der Waals surface area contributed by atoms with Crippen LogP contribution in [0.15, 0.2) is 29.4 Å². The number of hydrogen-bond acceptors (Lipinski definition) is 7. The molecule has 8 nitrogen and oxygen atoms in total. The highest BCUT2D eigenvalue weighted by Crippen LogP contribution is 2.31. The molecule has 124 valence electrons. The second kappa shape index (κ2) is 5.88. The van der Waals surface area contributed by atoms with Gasteiger partial charge in [0, 0.05) is 5.56 Å². The number of anilines is 1. The van der Waals surface area contributed by atoms with Crippen molar-refractivity contribution in [3.63, 3.8) is 0 Å². The zero-order valence-corrected chi connectivity index (χ0v) is 13.1. The van der Waals surface area contributed by atoms with Crippen molar-refractivity contribution in [2.45, 2.75) is 19.9 Å². The second-order valence-electron chi connectivity index (χ2n) is 5.42. The van der Waals surface area contributed by atoms with Gasteiger partial charge in [-0.3, -0.25) is 19.8 Å². The van der Waals surface area contributed by atoms with Crippen molar-refractivity contribution in [2.24, 2.45) is 11.0 Å². The first-order valence-corrected chi connectivity index (χ1v) is 7.44. The number of Topliss-reactive ketones (excluding diaryl/α,β-unsaturated/α-hetero) is 1. The Morgan fingerprint density at radius 3 is 2.71 bits per heavy atom. The number of benzene rings is 1. The van der Waals surface area contributed by atoms with Crippen LogP contribution >= 0.6 is 0 Å². The zero-order valence-electron chi connectivity index (χ0n) is 13.1. The number of imide groups is 1. The van der Waals surface area contributed by atoms with E-state index in [1.807, 2.05) is 0 Å². The number of nitrogens with zero attached hydrogens (tertiary/aromatic N) is 2. The van der Waals surface area contributed by atoms with Gasteiger partial charge >= 0.3 is 5.97 Å².